The highest BCUT2D eigenvalue weighted by atomic mass is 32.1. The molecule has 0 atom stereocenters. The van der Waals surface area contributed by atoms with Gasteiger partial charge in [-0.3, -0.25) is 14.0 Å². The average molecular weight is 558 g/mol. The number of carbonyl (C=O) groups is 2. The third-order valence-corrected chi connectivity index (χ3v) is 8.02. The van der Waals surface area contributed by atoms with Crippen molar-refractivity contribution in [2.45, 2.75) is 64.3 Å². The summed E-state index contributed by atoms with van der Waals surface area (Å²) in [7, 11) is 0. The third-order valence-electron chi connectivity index (χ3n) is 7.05. The Labute approximate surface area is 235 Å². The Morgan fingerprint density at radius 1 is 1.10 bits per heavy atom. The number of Topliss-reactive ketones (excluding diaryl/α,β-unsaturated/α-hetero) is 1. The van der Waals surface area contributed by atoms with Crippen LogP contribution in [0, 0.1) is 0 Å². The molecule has 9 nitrogen and oxygen atoms in total. The van der Waals surface area contributed by atoms with Crippen molar-refractivity contribution in [3.63, 3.8) is 0 Å². The number of rotatable bonds is 9. The number of ether oxygens (including phenoxy) is 1. The van der Waals surface area contributed by atoms with Gasteiger partial charge in [0.15, 0.2) is 4.96 Å². The zero-order valence-electron chi connectivity index (χ0n) is 23.0. The molecule has 1 saturated carbocycles. The Morgan fingerprint density at radius 2 is 1.88 bits per heavy atom. The molecule has 0 spiro atoms. The van der Waals surface area contributed by atoms with Crippen molar-refractivity contribution in [1.29, 1.82) is 0 Å². The van der Waals surface area contributed by atoms with Gasteiger partial charge in [0.05, 0.1) is 28.9 Å². The second-order valence-electron chi connectivity index (χ2n) is 11.6. The first-order chi connectivity index (χ1) is 19.1. The minimum Gasteiger partial charge on any atom is -0.475 e. The summed E-state index contributed by atoms with van der Waals surface area (Å²) in [6, 6.07) is 13.7. The van der Waals surface area contributed by atoms with E-state index in [9.17, 15) is 9.59 Å². The number of ketones is 1. The van der Waals surface area contributed by atoms with Crippen molar-refractivity contribution < 1.29 is 18.8 Å². The maximum atomic E-state index is 12.6. The van der Waals surface area contributed by atoms with E-state index in [2.05, 4.69) is 36.2 Å². The minimum atomic E-state index is -0.253. The quantitative estimate of drug-likeness (QED) is 0.262. The molecule has 4 aromatic heterocycles. The van der Waals surface area contributed by atoms with Gasteiger partial charge in [-0.2, -0.15) is 0 Å². The Balaban J connectivity index is 1.11. The molecule has 1 aliphatic rings. The lowest BCUT2D eigenvalue weighted by Gasteiger charge is -2.16. The standard InChI is InChI=1S/C30H31N5O4S/c1-18(36)33-30(11-12-30)17-38-26-10-9-24-27(32-26)40-28-31-23(16-35(24)28)20-7-5-19(6-8-20)13-22(37)14-21-15-25(39-34-21)29(2,3)4/h5-10,15-16H,11-14,17H2,1-4H3,(H,33,36). The summed E-state index contributed by atoms with van der Waals surface area (Å²) in [5.41, 5.74) is 4.02. The van der Waals surface area contributed by atoms with Gasteiger partial charge in [-0.25, -0.2) is 9.97 Å². The number of amides is 1. The molecule has 206 valence electrons. The first kappa shape index (κ1) is 26.2. The minimum absolute atomic E-state index is 0.0411. The van der Waals surface area contributed by atoms with Crippen molar-refractivity contribution in [3.05, 3.63) is 65.7 Å². The van der Waals surface area contributed by atoms with Crippen LogP contribution < -0.4 is 10.1 Å². The Morgan fingerprint density at radius 3 is 2.55 bits per heavy atom. The fourth-order valence-electron chi connectivity index (χ4n) is 4.66. The molecule has 6 rings (SSSR count). The van der Waals surface area contributed by atoms with Gasteiger partial charge < -0.3 is 14.6 Å². The summed E-state index contributed by atoms with van der Waals surface area (Å²) in [5, 5.41) is 7.04. The van der Waals surface area contributed by atoms with Crippen LogP contribution in [0.15, 0.2) is 53.2 Å². The van der Waals surface area contributed by atoms with E-state index in [-0.39, 0.29) is 29.1 Å². The van der Waals surface area contributed by atoms with Gasteiger partial charge in [0.2, 0.25) is 11.8 Å². The van der Waals surface area contributed by atoms with E-state index in [1.165, 1.54) is 18.3 Å². The largest absolute Gasteiger partial charge is 0.475 e. The van der Waals surface area contributed by atoms with Gasteiger partial charge in [-0.15, -0.1) is 0 Å². The molecule has 0 radical (unpaired) electrons. The van der Waals surface area contributed by atoms with E-state index in [0.29, 0.717) is 24.6 Å². The normalized spacial score (nSPS) is 14.5. The number of pyridine rings is 1. The number of carbonyl (C=O) groups excluding carboxylic acids is 2. The van der Waals surface area contributed by atoms with Crippen molar-refractivity contribution in [2.75, 3.05) is 6.61 Å². The summed E-state index contributed by atoms with van der Waals surface area (Å²) in [6.07, 6.45) is 4.43. The van der Waals surface area contributed by atoms with Gasteiger partial charge in [0, 0.05) is 42.7 Å². The zero-order chi connectivity index (χ0) is 28.1. The van der Waals surface area contributed by atoms with Crippen LogP contribution >= 0.6 is 11.3 Å². The van der Waals surface area contributed by atoms with Gasteiger partial charge in [0.1, 0.15) is 23.0 Å². The number of fused-ring (bicyclic) bond motifs is 3. The molecule has 1 N–H and O–H groups in total. The smallest absolute Gasteiger partial charge is 0.217 e. The molecule has 1 amide bonds. The summed E-state index contributed by atoms with van der Waals surface area (Å²) >= 11 is 1.50. The predicted molar refractivity (Wildman–Crippen MR) is 153 cm³/mol. The molecular weight excluding hydrogens is 526 g/mol. The molecular formula is C30H31N5O4S. The number of hydrogen-bond acceptors (Lipinski definition) is 8. The van der Waals surface area contributed by atoms with Gasteiger partial charge in [-0.05, 0) is 24.5 Å². The zero-order valence-corrected chi connectivity index (χ0v) is 23.8. The van der Waals surface area contributed by atoms with Gasteiger partial charge in [0.25, 0.3) is 0 Å². The molecule has 0 unspecified atom stereocenters. The lowest BCUT2D eigenvalue weighted by molar-refractivity contribution is -0.120. The van der Waals surface area contributed by atoms with Crippen molar-refractivity contribution >= 4 is 38.3 Å². The fourth-order valence-corrected chi connectivity index (χ4v) is 5.64. The SMILES string of the molecule is CC(=O)NC1(COc2ccc3c(n2)sc2nc(-c4ccc(CC(=O)Cc5cc(C(C)(C)C)on5)cc4)cn23)CC1. The molecule has 10 heteroatoms. The van der Waals surface area contributed by atoms with E-state index in [1.54, 1.807) is 0 Å². The molecule has 40 heavy (non-hydrogen) atoms. The maximum absolute atomic E-state index is 12.6. The topological polar surface area (TPSA) is 112 Å². The molecule has 1 fully saturated rings. The van der Waals surface area contributed by atoms with Crippen molar-refractivity contribution in [3.8, 4) is 17.1 Å². The summed E-state index contributed by atoms with van der Waals surface area (Å²) in [6.45, 7) is 8.10. The number of imidazole rings is 1. The van der Waals surface area contributed by atoms with Crippen LogP contribution in [-0.2, 0) is 27.8 Å². The van der Waals surface area contributed by atoms with E-state index >= 15 is 0 Å². The Kier molecular flexibility index (Phi) is 6.45. The van der Waals surface area contributed by atoms with Gasteiger partial charge >= 0.3 is 0 Å². The first-order valence-electron chi connectivity index (χ1n) is 13.3. The monoisotopic (exact) mass is 557 g/mol. The second-order valence-corrected chi connectivity index (χ2v) is 12.6. The highest BCUT2D eigenvalue weighted by Crippen LogP contribution is 2.36. The van der Waals surface area contributed by atoms with Crippen molar-refractivity contribution in [1.82, 2.24) is 24.8 Å². The molecule has 0 aliphatic heterocycles. The molecule has 0 bridgehead atoms. The summed E-state index contributed by atoms with van der Waals surface area (Å²) in [5.74, 6) is 1.37. The fraction of sp³-hybridized carbons (Fsp3) is 0.367. The Bertz CT molecular complexity index is 1720. The number of thiazole rings is 1. The lowest BCUT2D eigenvalue weighted by atomic mass is 9.93. The third kappa shape index (κ3) is 5.49. The van der Waals surface area contributed by atoms with Gasteiger partial charge in [-0.1, -0.05) is 61.5 Å². The number of hydrogen-bond donors (Lipinski definition) is 1. The molecule has 1 aromatic carbocycles. The molecule has 4 heterocycles. The second kappa shape index (κ2) is 9.85. The maximum Gasteiger partial charge on any atom is 0.217 e. The van der Waals surface area contributed by atoms with E-state index in [1.807, 2.05) is 53.1 Å². The van der Waals surface area contributed by atoms with E-state index in [0.717, 1.165) is 50.7 Å². The summed E-state index contributed by atoms with van der Waals surface area (Å²) < 4.78 is 13.3. The number of aromatic nitrogens is 4. The average Bonchev–Trinajstić information content (AvgIpc) is 3.20. The molecule has 1 aliphatic carbocycles. The van der Waals surface area contributed by atoms with Crippen molar-refractivity contribution in [2.24, 2.45) is 0 Å². The predicted octanol–water partition coefficient (Wildman–Crippen LogP) is 5.30. The van der Waals surface area contributed by atoms with Crippen LogP contribution in [0.2, 0.25) is 0 Å². The van der Waals surface area contributed by atoms with Crippen LogP contribution in [0.25, 0.3) is 26.6 Å². The lowest BCUT2D eigenvalue weighted by Crippen LogP contribution is -2.40. The highest BCUT2D eigenvalue weighted by Gasteiger charge is 2.44. The molecule has 0 saturated heterocycles. The first-order valence-corrected chi connectivity index (χ1v) is 14.2. The number of nitrogens with one attached hydrogen (secondary N) is 1. The summed E-state index contributed by atoms with van der Waals surface area (Å²) in [4.78, 5) is 35.2. The molecule has 5 aromatic rings. The van der Waals surface area contributed by atoms with Crippen LogP contribution in [0.5, 0.6) is 5.88 Å². The van der Waals surface area contributed by atoms with E-state index < -0.39 is 0 Å². The van der Waals surface area contributed by atoms with Crippen LogP contribution in [0.3, 0.4) is 0 Å². The number of nitrogens with zero attached hydrogens (tertiary/aromatic N) is 4. The van der Waals surface area contributed by atoms with Crippen LogP contribution in [0.4, 0.5) is 0 Å². The van der Waals surface area contributed by atoms with Crippen LogP contribution in [0.1, 0.15) is 57.6 Å². The number of benzene rings is 1. The highest BCUT2D eigenvalue weighted by molar-refractivity contribution is 7.23. The van der Waals surface area contributed by atoms with E-state index in [4.69, 9.17) is 14.2 Å². The van der Waals surface area contributed by atoms with Crippen LogP contribution in [-0.4, -0.2) is 43.4 Å². The Hall–Kier alpha value is -4.05.